The van der Waals surface area contributed by atoms with E-state index in [0.29, 0.717) is 38.7 Å². The highest BCUT2D eigenvalue weighted by atomic mass is 16.6. The lowest BCUT2D eigenvalue weighted by atomic mass is 9.88. The van der Waals surface area contributed by atoms with Gasteiger partial charge in [0.05, 0.1) is 13.2 Å². The molecule has 9 nitrogen and oxygen atoms in total. The minimum absolute atomic E-state index is 0.0820. The van der Waals surface area contributed by atoms with Crippen molar-refractivity contribution in [1.82, 2.24) is 15.1 Å². The summed E-state index contributed by atoms with van der Waals surface area (Å²) in [5, 5.41) is 11.9. The number of rotatable bonds is 4. The number of hydrogen-bond acceptors (Lipinski definition) is 6. The van der Waals surface area contributed by atoms with E-state index in [-0.39, 0.29) is 11.5 Å². The third-order valence-corrected chi connectivity index (χ3v) is 5.20. The summed E-state index contributed by atoms with van der Waals surface area (Å²) in [5.74, 6) is -0.103. The summed E-state index contributed by atoms with van der Waals surface area (Å²) in [7, 11) is 1.42. The fraction of sp³-hybridized carbons (Fsp3) is 0.810. The van der Waals surface area contributed by atoms with Gasteiger partial charge in [-0.25, -0.2) is 9.79 Å². The number of nitrogens with zero attached hydrogens (tertiary/aromatic N) is 4. The first-order chi connectivity index (χ1) is 14.2. The van der Waals surface area contributed by atoms with E-state index in [4.69, 9.17) is 14.7 Å². The lowest BCUT2D eigenvalue weighted by molar-refractivity contribution is -0.129. The van der Waals surface area contributed by atoms with E-state index in [0.717, 1.165) is 30.6 Å². The number of carbonyl (C=O) groups is 2. The van der Waals surface area contributed by atoms with Gasteiger partial charge in [0.2, 0.25) is 5.96 Å². The van der Waals surface area contributed by atoms with Crippen LogP contribution in [0.4, 0.5) is 4.79 Å². The Morgan fingerprint density at radius 2 is 1.90 bits per heavy atom. The lowest BCUT2D eigenvalue weighted by Crippen LogP contribution is -2.51. The van der Waals surface area contributed by atoms with Crippen LogP contribution in [0.5, 0.6) is 0 Å². The first-order valence-electron chi connectivity index (χ1n) is 10.7. The molecule has 1 atom stereocenters. The van der Waals surface area contributed by atoms with Crippen molar-refractivity contribution in [3.8, 4) is 6.19 Å². The van der Waals surface area contributed by atoms with Crippen LogP contribution in [0.15, 0.2) is 4.99 Å². The zero-order valence-electron chi connectivity index (χ0n) is 18.6. The van der Waals surface area contributed by atoms with E-state index in [2.05, 4.69) is 10.3 Å². The second-order valence-corrected chi connectivity index (χ2v) is 9.12. The number of carbonyl (C=O) groups excluding carboxylic acids is 2. The first-order valence-corrected chi connectivity index (χ1v) is 10.7. The van der Waals surface area contributed by atoms with E-state index in [9.17, 15) is 9.59 Å². The lowest BCUT2D eigenvalue weighted by Gasteiger charge is -2.32. The van der Waals surface area contributed by atoms with Crippen LogP contribution in [0, 0.1) is 16.9 Å². The van der Waals surface area contributed by atoms with Gasteiger partial charge in [-0.3, -0.25) is 15.0 Å². The Bertz CT molecular complexity index is 655. The number of ether oxygens (including phenoxy) is 2. The highest BCUT2D eigenvalue weighted by molar-refractivity contribution is 5.96. The van der Waals surface area contributed by atoms with E-state index in [1.165, 1.54) is 13.5 Å². The van der Waals surface area contributed by atoms with Crippen molar-refractivity contribution in [2.45, 2.75) is 71.4 Å². The molecule has 168 valence electrons. The summed E-state index contributed by atoms with van der Waals surface area (Å²) < 4.78 is 11.0. The summed E-state index contributed by atoms with van der Waals surface area (Å²) in [4.78, 5) is 32.8. The summed E-state index contributed by atoms with van der Waals surface area (Å²) in [6.07, 6.45) is 6.68. The Balaban J connectivity index is 2.22. The normalized spacial score (nSPS) is 19.6. The van der Waals surface area contributed by atoms with Gasteiger partial charge in [-0.05, 0) is 37.5 Å². The number of alkyl carbamates (subject to hydrolysis) is 1. The Morgan fingerprint density at radius 3 is 2.47 bits per heavy atom. The number of hydrogen-bond donors (Lipinski definition) is 1. The van der Waals surface area contributed by atoms with Gasteiger partial charge >= 0.3 is 6.09 Å². The highest BCUT2D eigenvalue weighted by Crippen LogP contribution is 2.24. The second-order valence-electron chi connectivity index (χ2n) is 9.12. The average molecular weight is 422 g/mol. The van der Waals surface area contributed by atoms with Gasteiger partial charge in [0.25, 0.3) is 5.91 Å². The van der Waals surface area contributed by atoms with Crippen molar-refractivity contribution < 1.29 is 19.1 Å². The molecule has 2 fully saturated rings. The maximum absolute atomic E-state index is 12.8. The molecule has 1 saturated heterocycles. The molecule has 1 saturated carbocycles. The molecule has 1 N–H and O–H groups in total. The topological polar surface area (TPSA) is 107 Å². The van der Waals surface area contributed by atoms with Crippen LogP contribution >= 0.6 is 0 Å². The predicted molar refractivity (Wildman–Crippen MR) is 113 cm³/mol. The van der Waals surface area contributed by atoms with Gasteiger partial charge in [0.15, 0.2) is 6.19 Å². The third kappa shape index (κ3) is 7.82. The van der Waals surface area contributed by atoms with Gasteiger partial charge in [-0.1, -0.05) is 27.2 Å². The zero-order valence-corrected chi connectivity index (χ0v) is 18.6. The van der Waals surface area contributed by atoms with E-state index < -0.39 is 18.0 Å². The van der Waals surface area contributed by atoms with E-state index in [1.807, 2.05) is 31.9 Å². The first kappa shape index (κ1) is 23.9. The largest absolute Gasteiger partial charge is 0.446 e. The molecular weight excluding hydrogens is 386 g/mol. The van der Waals surface area contributed by atoms with Crippen LogP contribution < -0.4 is 5.32 Å². The molecule has 1 unspecified atom stereocenters. The zero-order chi connectivity index (χ0) is 22.1. The molecule has 0 aromatic carbocycles. The SMILES string of the molecule is CN(C#N)C(=O)C(CC(C)(C)C)N=C(NC(=O)OC1CCCCC1)N1CCOCC1. The monoisotopic (exact) mass is 421 g/mol. The van der Waals surface area contributed by atoms with Crippen LogP contribution in [0.1, 0.15) is 59.3 Å². The number of guanidine groups is 1. The molecular formula is C21H35N5O4. The fourth-order valence-electron chi connectivity index (χ4n) is 3.61. The molecule has 2 amide bonds. The Kier molecular flexibility index (Phi) is 8.90. The van der Waals surface area contributed by atoms with Crippen molar-refractivity contribution in [2.75, 3.05) is 33.4 Å². The number of likely N-dealkylation sites (N-methyl/N-ethyl adjacent to an activating group) is 1. The Labute approximate surface area is 179 Å². The van der Waals surface area contributed by atoms with Crippen LogP contribution in [-0.2, 0) is 14.3 Å². The highest BCUT2D eigenvalue weighted by Gasteiger charge is 2.30. The molecule has 30 heavy (non-hydrogen) atoms. The second kappa shape index (κ2) is 11.2. The number of aliphatic imine (C=N–C) groups is 1. The molecule has 2 aliphatic rings. The Morgan fingerprint density at radius 1 is 1.27 bits per heavy atom. The molecule has 2 rings (SSSR count). The summed E-state index contributed by atoms with van der Waals surface area (Å²) >= 11 is 0. The van der Waals surface area contributed by atoms with Crippen LogP contribution in [0.2, 0.25) is 0 Å². The van der Waals surface area contributed by atoms with Gasteiger partial charge in [-0.2, -0.15) is 5.26 Å². The van der Waals surface area contributed by atoms with Crippen LogP contribution in [0.3, 0.4) is 0 Å². The van der Waals surface area contributed by atoms with Crippen molar-refractivity contribution in [3.05, 3.63) is 0 Å². The summed E-state index contributed by atoms with van der Waals surface area (Å²) in [6, 6.07) is -0.789. The van der Waals surface area contributed by atoms with E-state index >= 15 is 0 Å². The van der Waals surface area contributed by atoms with Crippen molar-refractivity contribution >= 4 is 18.0 Å². The molecule has 0 aromatic heterocycles. The maximum atomic E-state index is 12.8. The molecule has 0 radical (unpaired) electrons. The van der Waals surface area contributed by atoms with Crippen LogP contribution in [-0.4, -0.2) is 73.3 Å². The molecule has 1 heterocycles. The van der Waals surface area contributed by atoms with Crippen molar-refractivity contribution in [1.29, 1.82) is 5.26 Å². The number of nitrogens with one attached hydrogen (secondary N) is 1. The fourth-order valence-corrected chi connectivity index (χ4v) is 3.61. The minimum atomic E-state index is -0.789. The number of morpholine rings is 1. The maximum Gasteiger partial charge on any atom is 0.414 e. The molecule has 0 bridgehead atoms. The summed E-state index contributed by atoms with van der Waals surface area (Å²) in [6.45, 7) is 8.14. The molecule has 0 aromatic rings. The van der Waals surface area contributed by atoms with Crippen molar-refractivity contribution in [2.24, 2.45) is 10.4 Å². The van der Waals surface area contributed by atoms with Gasteiger partial charge in [0, 0.05) is 20.1 Å². The standard InChI is InChI=1S/C21H35N5O4/c1-21(2,3)14-17(18(27)25(4)15-22)23-19(26-10-12-29-13-11-26)24-20(28)30-16-8-6-5-7-9-16/h16-17H,5-14H2,1-4H3,(H,23,24,28). The van der Waals surface area contributed by atoms with E-state index in [1.54, 1.807) is 0 Å². The smallest absolute Gasteiger partial charge is 0.414 e. The number of nitriles is 1. The van der Waals surface area contributed by atoms with Gasteiger partial charge < -0.3 is 14.4 Å². The van der Waals surface area contributed by atoms with Crippen molar-refractivity contribution in [3.63, 3.8) is 0 Å². The predicted octanol–water partition coefficient (Wildman–Crippen LogP) is 2.48. The molecule has 0 spiro atoms. The van der Waals surface area contributed by atoms with Gasteiger partial charge in [0.1, 0.15) is 12.1 Å². The van der Waals surface area contributed by atoms with Crippen LogP contribution in [0.25, 0.3) is 0 Å². The number of amides is 2. The quantitative estimate of drug-likeness (QED) is 0.323. The molecule has 1 aliphatic heterocycles. The summed E-state index contributed by atoms with van der Waals surface area (Å²) in [5.41, 5.74) is -0.196. The minimum Gasteiger partial charge on any atom is -0.446 e. The van der Waals surface area contributed by atoms with Gasteiger partial charge in [-0.15, -0.1) is 0 Å². The molecule has 1 aliphatic carbocycles. The average Bonchev–Trinajstić information content (AvgIpc) is 2.72. The Hall–Kier alpha value is -2.34. The third-order valence-electron chi connectivity index (χ3n) is 5.20. The molecule has 9 heteroatoms.